The van der Waals surface area contributed by atoms with Crippen LogP contribution in [0.15, 0.2) is 24.3 Å². The van der Waals surface area contributed by atoms with Crippen LogP contribution in [-0.2, 0) is 4.74 Å². The molecule has 3 heteroatoms. The number of rotatable bonds is 5. The summed E-state index contributed by atoms with van der Waals surface area (Å²) in [5.74, 6) is 0. The minimum Gasteiger partial charge on any atom is -0.385 e. The van der Waals surface area contributed by atoms with E-state index in [2.05, 4.69) is 29.6 Å². The van der Waals surface area contributed by atoms with Gasteiger partial charge in [0.1, 0.15) is 0 Å². The van der Waals surface area contributed by atoms with E-state index >= 15 is 0 Å². The van der Waals surface area contributed by atoms with Crippen LogP contribution in [-0.4, -0.2) is 20.3 Å². The first kappa shape index (κ1) is 11.6. The molecule has 88 valence electrons. The number of fused-ring (bicyclic) bond motifs is 1. The van der Waals surface area contributed by atoms with E-state index < -0.39 is 0 Å². The second-order valence-corrected chi connectivity index (χ2v) is 4.32. The first-order valence-corrected chi connectivity index (χ1v) is 5.89. The van der Waals surface area contributed by atoms with Crippen LogP contribution in [0, 0.1) is 0 Å². The Kier molecular flexibility index (Phi) is 3.93. The molecular formula is C13H20N2O. The Morgan fingerprint density at radius 2 is 2.12 bits per heavy atom. The maximum atomic E-state index is 6.10. The van der Waals surface area contributed by atoms with Crippen molar-refractivity contribution in [3.63, 3.8) is 0 Å². The van der Waals surface area contributed by atoms with Gasteiger partial charge in [-0.2, -0.15) is 0 Å². The Morgan fingerprint density at radius 1 is 1.38 bits per heavy atom. The number of hydrogen-bond donors (Lipinski definition) is 2. The molecule has 16 heavy (non-hydrogen) atoms. The standard InChI is InChI=1S/C13H20N2O/c1-16-8-4-7-15-13-9-12(14)10-5-2-3-6-11(10)13/h2-3,5-6,12-13,15H,4,7-9,14H2,1H3. The third kappa shape index (κ3) is 2.43. The minimum absolute atomic E-state index is 0.191. The highest BCUT2D eigenvalue weighted by Crippen LogP contribution is 2.36. The monoisotopic (exact) mass is 220 g/mol. The highest BCUT2D eigenvalue weighted by atomic mass is 16.5. The van der Waals surface area contributed by atoms with Gasteiger partial charge >= 0.3 is 0 Å². The van der Waals surface area contributed by atoms with Crippen molar-refractivity contribution in [2.45, 2.75) is 24.9 Å². The lowest BCUT2D eigenvalue weighted by Crippen LogP contribution is -2.22. The average molecular weight is 220 g/mol. The van der Waals surface area contributed by atoms with Crippen molar-refractivity contribution in [2.75, 3.05) is 20.3 Å². The average Bonchev–Trinajstić information content (AvgIpc) is 2.63. The molecule has 1 aliphatic rings. The van der Waals surface area contributed by atoms with Crippen LogP contribution in [0.25, 0.3) is 0 Å². The van der Waals surface area contributed by atoms with E-state index in [1.54, 1.807) is 7.11 Å². The minimum atomic E-state index is 0.191. The molecule has 2 atom stereocenters. The fourth-order valence-corrected chi connectivity index (χ4v) is 2.36. The predicted molar refractivity (Wildman–Crippen MR) is 65.2 cm³/mol. The van der Waals surface area contributed by atoms with E-state index in [1.807, 2.05) is 0 Å². The van der Waals surface area contributed by atoms with Crippen molar-refractivity contribution in [3.8, 4) is 0 Å². The lowest BCUT2D eigenvalue weighted by atomic mass is 10.1. The van der Waals surface area contributed by atoms with E-state index in [9.17, 15) is 0 Å². The maximum absolute atomic E-state index is 6.10. The van der Waals surface area contributed by atoms with Crippen LogP contribution in [0.3, 0.4) is 0 Å². The van der Waals surface area contributed by atoms with Crippen LogP contribution in [0.1, 0.15) is 36.1 Å². The molecule has 0 spiro atoms. The van der Waals surface area contributed by atoms with Crippen molar-refractivity contribution >= 4 is 0 Å². The van der Waals surface area contributed by atoms with E-state index in [0.29, 0.717) is 6.04 Å². The van der Waals surface area contributed by atoms with Crippen LogP contribution in [0.2, 0.25) is 0 Å². The molecule has 0 amide bonds. The van der Waals surface area contributed by atoms with Crippen LogP contribution in [0.4, 0.5) is 0 Å². The number of nitrogens with one attached hydrogen (secondary N) is 1. The lowest BCUT2D eigenvalue weighted by Gasteiger charge is -2.13. The van der Waals surface area contributed by atoms with Gasteiger partial charge in [-0.15, -0.1) is 0 Å². The van der Waals surface area contributed by atoms with Crippen LogP contribution < -0.4 is 11.1 Å². The highest BCUT2D eigenvalue weighted by molar-refractivity contribution is 5.37. The topological polar surface area (TPSA) is 47.3 Å². The summed E-state index contributed by atoms with van der Waals surface area (Å²) in [4.78, 5) is 0. The third-order valence-electron chi connectivity index (χ3n) is 3.18. The Hall–Kier alpha value is -0.900. The second-order valence-electron chi connectivity index (χ2n) is 4.32. The first-order valence-electron chi connectivity index (χ1n) is 5.89. The number of hydrogen-bond acceptors (Lipinski definition) is 3. The van der Waals surface area contributed by atoms with Crippen molar-refractivity contribution < 1.29 is 4.74 Å². The van der Waals surface area contributed by atoms with Crippen LogP contribution in [0.5, 0.6) is 0 Å². The third-order valence-corrected chi connectivity index (χ3v) is 3.18. The number of ether oxygens (including phenoxy) is 1. The van der Waals surface area contributed by atoms with Gasteiger partial charge in [-0.05, 0) is 30.5 Å². The summed E-state index contributed by atoms with van der Waals surface area (Å²) in [5, 5.41) is 3.54. The van der Waals surface area contributed by atoms with E-state index in [1.165, 1.54) is 11.1 Å². The van der Waals surface area contributed by atoms with E-state index in [0.717, 1.165) is 26.0 Å². The van der Waals surface area contributed by atoms with Crippen molar-refractivity contribution in [1.82, 2.24) is 5.32 Å². The largest absolute Gasteiger partial charge is 0.385 e. The highest BCUT2D eigenvalue weighted by Gasteiger charge is 2.27. The first-order chi connectivity index (χ1) is 7.83. The summed E-state index contributed by atoms with van der Waals surface area (Å²) in [6, 6.07) is 9.07. The summed E-state index contributed by atoms with van der Waals surface area (Å²) in [7, 11) is 1.74. The quantitative estimate of drug-likeness (QED) is 0.743. The molecule has 1 aliphatic carbocycles. The zero-order valence-electron chi connectivity index (χ0n) is 9.78. The van der Waals surface area contributed by atoms with Crippen LogP contribution >= 0.6 is 0 Å². The summed E-state index contributed by atoms with van der Waals surface area (Å²) in [6.07, 6.45) is 2.05. The molecule has 0 aliphatic heterocycles. The number of nitrogens with two attached hydrogens (primary N) is 1. The van der Waals surface area contributed by atoms with Gasteiger partial charge in [0.2, 0.25) is 0 Å². The van der Waals surface area contributed by atoms with Gasteiger partial charge in [-0.3, -0.25) is 0 Å². The molecule has 1 aromatic rings. The molecule has 0 fully saturated rings. The Labute approximate surface area is 97.0 Å². The summed E-state index contributed by atoms with van der Waals surface area (Å²) in [5.41, 5.74) is 8.77. The summed E-state index contributed by atoms with van der Waals surface area (Å²) < 4.78 is 5.03. The van der Waals surface area contributed by atoms with Crippen molar-refractivity contribution in [3.05, 3.63) is 35.4 Å². The molecule has 0 saturated heterocycles. The Balaban J connectivity index is 1.93. The van der Waals surface area contributed by atoms with E-state index in [4.69, 9.17) is 10.5 Å². The number of benzene rings is 1. The molecule has 2 rings (SSSR count). The zero-order valence-corrected chi connectivity index (χ0v) is 9.78. The Bertz CT molecular complexity index is 340. The molecule has 0 saturated carbocycles. The molecule has 0 bridgehead atoms. The van der Waals surface area contributed by atoms with Gasteiger partial charge in [-0.25, -0.2) is 0 Å². The second kappa shape index (κ2) is 5.43. The predicted octanol–water partition coefficient (Wildman–Crippen LogP) is 1.76. The molecule has 0 aromatic heterocycles. The fourth-order valence-electron chi connectivity index (χ4n) is 2.36. The van der Waals surface area contributed by atoms with Crippen molar-refractivity contribution in [1.29, 1.82) is 0 Å². The summed E-state index contributed by atoms with van der Waals surface area (Å²) >= 11 is 0. The van der Waals surface area contributed by atoms with Gasteiger partial charge in [0.15, 0.2) is 0 Å². The van der Waals surface area contributed by atoms with Crippen molar-refractivity contribution in [2.24, 2.45) is 5.73 Å². The summed E-state index contributed by atoms with van der Waals surface area (Å²) in [6.45, 7) is 1.80. The zero-order chi connectivity index (χ0) is 11.4. The molecule has 0 heterocycles. The van der Waals surface area contributed by atoms with Gasteiger partial charge in [-0.1, -0.05) is 24.3 Å². The molecule has 3 nitrogen and oxygen atoms in total. The molecule has 3 N–H and O–H groups in total. The van der Waals surface area contributed by atoms with E-state index in [-0.39, 0.29) is 6.04 Å². The SMILES string of the molecule is COCCCNC1CC(N)c2ccccc21. The molecule has 2 unspecified atom stereocenters. The van der Waals surface area contributed by atoms with Gasteiger partial charge < -0.3 is 15.8 Å². The van der Waals surface area contributed by atoms with Gasteiger partial charge in [0, 0.05) is 25.8 Å². The smallest absolute Gasteiger partial charge is 0.0474 e. The molecule has 0 radical (unpaired) electrons. The maximum Gasteiger partial charge on any atom is 0.0474 e. The normalized spacial score (nSPS) is 23.4. The lowest BCUT2D eigenvalue weighted by molar-refractivity contribution is 0.193. The number of methoxy groups -OCH3 is 1. The Morgan fingerprint density at radius 3 is 2.88 bits per heavy atom. The molecule has 1 aromatic carbocycles. The van der Waals surface area contributed by atoms with Gasteiger partial charge in [0.25, 0.3) is 0 Å². The fraction of sp³-hybridized carbons (Fsp3) is 0.538. The molecular weight excluding hydrogens is 200 g/mol. The van der Waals surface area contributed by atoms with Gasteiger partial charge in [0.05, 0.1) is 0 Å².